The minimum Gasteiger partial charge on any atom is -0.334 e. The molecule has 31 heavy (non-hydrogen) atoms. The number of rotatable bonds is 7. The summed E-state index contributed by atoms with van der Waals surface area (Å²) < 4.78 is 39.3. The number of halogens is 3. The van der Waals surface area contributed by atoms with Crippen molar-refractivity contribution in [2.45, 2.75) is 52.1 Å². The minimum atomic E-state index is -4.58. The first-order valence-corrected chi connectivity index (χ1v) is 10.2. The van der Waals surface area contributed by atoms with E-state index in [1.54, 1.807) is 6.92 Å². The molecule has 7 heteroatoms. The molecule has 0 unspecified atom stereocenters. The molecule has 2 rings (SSSR count). The maximum atomic E-state index is 13.1. The number of anilines is 1. The molecule has 0 saturated heterocycles. The molecular weight excluding hydrogens is 405 g/mol. The fourth-order valence-electron chi connectivity index (χ4n) is 3.16. The van der Waals surface area contributed by atoms with Crippen LogP contribution in [-0.2, 0) is 27.6 Å². The molecule has 0 radical (unpaired) electrons. The van der Waals surface area contributed by atoms with Crippen LogP contribution in [0.1, 0.15) is 50.8 Å². The van der Waals surface area contributed by atoms with Crippen LogP contribution in [0, 0.1) is 0 Å². The van der Waals surface area contributed by atoms with Crippen LogP contribution in [0.15, 0.2) is 48.5 Å². The van der Waals surface area contributed by atoms with Crippen LogP contribution in [0.2, 0.25) is 0 Å². The Bertz CT molecular complexity index is 900. The number of aryl methyl sites for hydroxylation is 1. The van der Waals surface area contributed by atoms with E-state index in [4.69, 9.17) is 0 Å². The van der Waals surface area contributed by atoms with Crippen molar-refractivity contribution in [3.8, 4) is 0 Å². The van der Waals surface area contributed by atoms with E-state index in [1.165, 1.54) is 28.7 Å². The summed E-state index contributed by atoms with van der Waals surface area (Å²) in [5.74, 6) is -0.886. The van der Waals surface area contributed by atoms with Gasteiger partial charge in [0.15, 0.2) is 0 Å². The van der Waals surface area contributed by atoms with Crippen LogP contribution >= 0.6 is 0 Å². The first-order valence-electron chi connectivity index (χ1n) is 10.2. The van der Waals surface area contributed by atoms with Gasteiger partial charge in [-0.05, 0) is 42.0 Å². The number of likely N-dealkylation sites (N-methyl/N-ethyl adjacent to an activating group) is 1. The zero-order valence-electron chi connectivity index (χ0n) is 18.3. The van der Waals surface area contributed by atoms with Crippen LogP contribution in [0.3, 0.4) is 0 Å². The van der Waals surface area contributed by atoms with Gasteiger partial charge in [0.2, 0.25) is 11.8 Å². The molecule has 0 aromatic heterocycles. The van der Waals surface area contributed by atoms with Crippen LogP contribution < -0.4 is 5.32 Å². The summed E-state index contributed by atoms with van der Waals surface area (Å²) in [6.45, 7) is 8.10. The lowest BCUT2D eigenvalue weighted by molar-refractivity contribution is -0.137. The first kappa shape index (κ1) is 24.4. The lowest BCUT2D eigenvalue weighted by Gasteiger charge is -2.21. The van der Waals surface area contributed by atoms with E-state index in [2.05, 4.69) is 26.1 Å². The second kappa shape index (κ2) is 9.98. The highest BCUT2D eigenvalue weighted by molar-refractivity contribution is 5.95. The van der Waals surface area contributed by atoms with Crippen molar-refractivity contribution >= 4 is 17.5 Å². The lowest BCUT2D eigenvalue weighted by Crippen LogP contribution is -2.38. The third kappa shape index (κ3) is 7.12. The zero-order valence-corrected chi connectivity index (χ0v) is 18.3. The van der Waals surface area contributed by atoms with Gasteiger partial charge in [-0.15, -0.1) is 0 Å². The van der Waals surface area contributed by atoms with Gasteiger partial charge in [-0.25, -0.2) is 0 Å². The lowest BCUT2D eigenvalue weighted by atomic mass is 9.86. The van der Waals surface area contributed by atoms with Crippen molar-refractivity contribution in [2.24, 2.45) is 0 Å². The zero-order chi connectivity index (χ0) is 23.2. The molecule has 0 fully saturated rings. The minimum absolute atomic E-state index is 0.0471. The normalized spacial score (nSPS) is 11.8. The van der Waals surface area contributed by atoms with Crippen molar-refractivity contribution < 1.29 is 22.8 Å². The third-order valence-electron chi connectivity index (χ3n) is 5.02. The van der Waals surface area contributed by atoms with E-state index in [0.29, 0.717) is 6.42 Å². The number of nitrogens with one attached hydrogen (secondary N) is 1. The largest absolute Gasteiger partial charge is 0.418 e. The molecule has 0 heterocycles. The van der Waals surface area contributed by atoms with Gasteiger partial charge >= 0.3 is 6.18 Å². The molecule has 0 aliphatic heterocycles. The van der Waals surface area contributed by atoms with E-state index < -0.39 is 17.6 Å². The summed E-state index contributed by atoms with van der Waals surface area (Å²) in [7, 11) is 0. The van der Waals surface area contributed by atoms with Gasteiger partial charge in [0, 0.05) is 13.0 Å². The predicted molar refractivity (Wildman–Crippen MR) is 116 cm³/mol. The fraction of sp³-hybridized carbons (Fsp3) is 0.417. The van der Waals surface area contributed by atoms with Gasteiger partial charge in [-0.2, -0.15) is 13.2 Å². The standard InChI is InChI=1S/C24H29F3N2O2/c1-5-29(16-21(30)28-20-9-7-6-8-19(20)24(25,26)27)22(31)15-12-17-10-13-18(14-11-17)23(2,3)4/h6-11,13-14H,5,12,15-16H2,1-4H3,(H,28,30). The molecule has 2 aromatic carbocycles. The van der Waals surface area contributed by atoms with E-state index in [1.807, 2.05) is 24.3 Å². The van der Waals surface area contributed by atoms with Crippen LogP contribution in [0.4, 0.5) is 18.9 Å². The van der Waals surface area contributed by atoms with Crippen LogP contribution in [0.5, 0.6) is 0 Å². The summed E-state index contributed by atoms with van der Waals surface area (Å²) in [5.41, 5.74) is 1.03. The molecule has 0 bridgehead atoms. The van der Waals surface area contributed by atoms with E-state index in [0.717, 1.165) is 11.6 Å². The molecule has 168 valence electrons. The molecule has 2 amide bonds. The van der Waals surface area contributed by atoms with Crippen molar-refractivity contribution in [2.75, 3.05) is 18.4 Å². The number of alkyl halides is 3. The maximum Gasteiger partial charge on any atom is 0.418 e. The Labute approximate surface area is 181 Å². The van der Waals surface area contributed by atoms with Crippen molar-refractivity contribution in [1.82, 2.24) is 4.90 Å². The van der Waals surface area contributed by atoms with Gasteiger partial charge in [0.1, 0.15) is 0 Å². The molecule has 0 aliphatic rings. The second-order valence-corrected chi connectivity index (χ2v) is 8.45. The van der Waals surface area contributed by atoms with E-state index >= 15 is 0 Å². The number of benzene rings is 2. The second-order valence-electron chi connectivity index (χ2n) is 8.45. The molecule has 2 aromatic rings. The summed E-state index contributed by atoms with van der Waals surface area (Å²) >= 11 is 0. The number of hydrogen-bond acceptors (Lipinski definition) is 2. The Kier molecular flexibility index (Phi) is 7.87. The van der Waals surface area contributed by atoms with Crippen LogP contribution in [0.25, 0.3) is 0 Å². The number of hydrogen-bond donors (Lipinski definition) is 1. The summed E-state index contributed by atoms with van der Waals surface area (Å²) in [6, 6.07) is 12.8. The Morgan fingerprint density at radius 2 is 1.58 bits per heavy atom. The molecular formula is C24H29F3N2O2. The quantitative estimate of drug-likeness (QED) is 0.632. The Morgan fingerprint density at radius 3 is 2.13 bits per heavy atom. The first-order chi connectivity index (χ1) is 14.4. The van der Waals surface area contributed by atoms with Gasteiger partial charge in [-0.3, -0.25) is 9.59 Å². The van der Waals surface area contributed by atoms with Gasteiger partial charge < -0.3 is 10.2 Å². The van der Waals surface area contributed by atoms with Gasteiger partial charge in [0.05, 0.1) is 17.8 Å². The number of nitrogens with zero attached hydrogens (tertiary/aromatic N) is 1. The highest BCUT2D eigenvalue weighted by atomic mass is 19.4. The van der Waals surface area contributed by atoms with E-state index in [-0.39, 0.29) is 36.5 Å². The molecule has 0 aliphatic carbocycles. The van der Waals surface area contributed by atoms with E-state index in [9.17, 15) is 22.8 Å². The van der Waals surface area contributed by atoms with Crippen molar-refractivity contribution in [1.29, 1.82) is 0 Å². The van der Waals surface area contributed by atoms with Crippen molar-refractivity contribution in [3.05, 3.63) is 65.2 Å². The molecule has 0 atom stereocenters. The number of amides is 2. The molecule has 0 spiro atoms. The highest BCUT2D eigenvalue weighted by Gasteiger charge is 2.33. The monoisotopic (exact) mass is 434 g/mol. The number of carbonyl (C=O) groups is 2. The average molecular weight is 435 g/mol. The van der Waals surface area contributed by atoms with Crippen molar-refractivity contribution in [3.63, 3.8) is 0 Å². The molecule has 1 N–H and O–H groups in total. The van der Waals surface area contributed by atoms with Gasteiger partial charge in [0.25, 0.3) is 0 Å². The fourth-order valence-corrected chi connectivity index (χ4v) is 3.16. The highest BCUT2D eigenvalue weighted by Crippen LogP contribution is 2.34. The molecule has 0 saturated carbocycles. The average Bonchev–Trinajstić information content (AvgIpc) is 2.69. The smallest absolute Gasteiger partial charge is 0.334 e. The van der Waals surface area contributed by atoms with Gasteiger partial charge in [-0.1, -0.05) is 57.2 Å². The summed E-state index contributed by atoms with van der Waals surface area (Å²) in [5, 5.41) is 2.28. The Morgan fingerprint density at radius 1 is 0.968 bits per heavy atom. The topological polar surface area (TPSA) is 49.4 Å². The summed E-state index contributed by atoms with van der Waals surface area (Å²) in [4.78, 5) is 26.2. The summed E-state index contributed by atoms with van der Waals surface area (Å²) in [6.07, 6.45) is -3.83. The van der Waals surface area contributed by atoms with Crippen LogP contribution in [-0.4, -0.2) is 29.8 Å². The Balaban J connectivity index is 1.95. The Hall–Kier alpha value is -2.83. The number of carbonyl (C=O) groups excluding carboxylic acids is 2. The predicted octanol–water partition coefficient (Wildman–Crippen LogP) is 5.42. The number of para-hydroxylation sites is 1. The maximum absolute atomic E-state index is 13.1. The SMILES string of the molecule is CCN(CC(=O)Nc1ccccc1C(F)(F)F)C(=O)CCc1ccc(C(C)(C)C)cc1. The molecule has 4 nitrogen and oxygen atoms in total. The third-order valence-corrected chi connectivity index (χ3v) is 5.02.